The van der Waals surface area contributed by atoms with E-state index < -0.39 is 0 Å². The highest BCUT2D eigenvalue weighted by molar-refractivity contribution is 6.31. The first-order valence-electron chi connectivity index (χ1n) is 6.62. The molecule has 0 saturated heterocycles. The minimum absolute atomic E-state index is 0.548. The Morgan fingerprint density at radius 2 is 2.16 bits per heavy atom. The van der Waals surface area contributed by atoms with Crippen LogP contribution in [-0.4, -0.2) is 11.2 Å². The van der Waals surface area contributed by atoms with Gasteiger partial charge in [0.2, 0.25) is 0 Å². The largest absolute Gasteiger partial charge is 0.360 e. The Bertz CT molecular complexity index is 561. The van der Waals surface area contributed by atoms with Gasteiger partial charge in [-0.1, -0.05) is 35.0 Å². The molecule has 0 aliphatic heterocycles. The minimum Gasteiger partial charge on any atom is -0.360 e. The molecule has 2 aromatic rings. The van der Waals surface area contributed by atoms with Gasteiger partial charge in [0.05, 0.1) is 12.2 Å². The first-order valence-corrected chi connectivity index (χ1v) is 7.00. The van der Waals surface area contributed by atoms with Crippen LogP contribution in [0.15, 0.2) is 34.9 Å². The summed E-state index contributed by atoms with van der Waals surface area (Å²) in [5, 5.41) is 8.26. The van der Waals surface area contributed by atoms with Crippen molar-refractivity contribution < 1.29 is 4.52 Å². The van der Waals surface area contributed by atoms with Gasteiger partial charge in [-0.05, 0) is 37.3 Å². The van der Waals surface area contributed by atoms with E-state index in [1.165, 1.54) is 5.56 Å². The van der Waals surface area contributed by atoms with Gasteiger partial charge < -0.3 is 9.84 Å². The summed E-state index contributed by atoms with van der Waals surface area (Å²) in [7, 11) is 0. The quantitative estimate of drug-likeness (QED) is 0.926. The van der Waals surface area contributed by atoms with Crippen LogP contribution in [0.3, 0.4) is 0 Å². The molecule has 100 valence electrons. The van der Waals surface area contributed by atoms with Gasteiger partial charge in [0.15, 0.2) is 5.76 Å². The fraction of sp³-hybridized carbons (Fsp3) is 0.400. The van der Waals surface area contributed by atoms with Crippen LogP contribution in [0.5, 0.6) is 0 Å². The first kappa shape index (κ1) is 12.7. The monoisotopic (exact) mass is 276 g/mol. The molecule has 3 rings (SSSR count). The number of hydrogen-bond donors (Lipinski definition) is 1. The molecule has 4 heteroatoms. The normalized spacial score (nSPS) is 22.2. The second-order valence-corrected chi connectivity index (χ2v) is 5.61. The number of benzene rings is 1. The second-order valence-electron chi connectivity index (χ2n) is 5.20. The third-order valence-corrected chi connectivity index (χ3v) is 4.07. The third kappa shape index (κ3) is 2.82. The van der Waals surface area contributed by atoms with Crippen molar-refractivity contribution in [1.82, 2.24) is 10.5 Å². The molecule has 1 saturated carbocycles. The molecule has 1 heterocycles. The van der Waals surface area contributed by atoms with E-state index in [0.29, 0.717) is 12.0 Å². The van der Waals surface area contributed by atoms with Gasteiger partial charge in [-0.25, -0.2) is 0 Å². The van der Waals surface area contributed by atoms with Crippen molar-refractivity contribution in [3.63, 3.8) is 0 Å². The third-order valence-electron chi connectivity index (χ3n) is 3.72. The van der Waals surface area contributed by atoms with E-state index in [9.17, 15) is 0 Å². The van der Waals surface area contributed by atoms with Gasteiger partial charge >= 0.3 is 0 Å². The zero-order chi connectivity index (χ0) is 13.2. The van der Waals surface area contributed by atoms with Crippen LogP contribution >= 0.6 is 11.6 Å². The Morgan fingerprint density at radius 3 is 2.84 bits per heavy atom. The summed E-state index contributed by atoms with van der Waals surface area (Å²) in [6.07, 6.45) is 2.27. The average molecular weight is 277 g/mol. The van der Waals surface area contributed by atoms with E-state index in [2.05, 4.69) is 22.6 Å². The Labute approximate surface area is 117 Å². The maximum absolute atomic E-state index is 6.21. The zero-order valence-corrected chi connectivity index (χ0v) is 11.7. The smallest absolute Gasteiger partial charge is 0.150 e. The summed E-state index contributed by atoms with van der Waals surface area (Å²) in [4.78, 5) is 0. The summed E-state index contributed by atoms with van der Waals surface area (Å²) in [6, 6.07) is 10.6. The van der Waals surface area contributed by atoms with Crippen molar-refractivity contribution >= 4 is 11.6 Å². The van der Waals surface area contributed by atoms with E-state index in [1.54, 1.807) is 0 Å². The molecule has 1 aromatic carbocycles. The highest BCUT2D eigenvalue weighted by Crippen LogP contribution is 2.39. The predicted octanol–water partition coefficient (Wildman–Crippen LogP) is 3.67. The molecule has 0 radical (unpaired) electrons. The molecule has 0 bridgehead atoms. The van der Waals surface area contributed by atoms with E-state index in [4.69, 9.17) is 16.1 Å². The summed E-state index contributed by atoms with van der Waals surface area (Å²) >= 11 is 6.21. The Kier molecular flexibility index (Phi) is 3.58. The number of nitrogens with one attached hydrogen (secondary N) is 1. The number of hydrogen-bond acceptors (Lipinski definition) is 3. The summed E-state index contributed by atoms with van der Waals surface area (Å²) in [5.74, 6) is 1.49. The lowest BCUT2D eigenvalue weighted by Crippen LogP contribution is -2.39. The molecular formula is C15H17ClN2O. The van der Waals surface area contributed by atoms with Crippen molar-refractivity contribution in [3.8, 4) is 0 Å². The van der Waals surface area contributed by atoms with Gasteiger partial charge in [0, 0.05) is 17.1 Å². The molecule has 0 amide bonds. The van der Waals surface area contributed by atoms with Crippen molar-refractivity contribution in [3.05, 3.63) is 52.4 Å². The van der Waals surface area contributed by atoms with Crippen LogP contribution in [0.4, 0.5) is 0 Å². The van der Waals surface area contributed by atoms with E-state index in [1.807, 2.05) is 25.1 Å². The molecule has 0 unspecified atom stereocenters. The van der Waals surface area contributed by atoms with Crippen LogP contribution in [0.1, 0.15) is 35.8 Å². The Balaban J connectivity index is 1.49. The van der Waals surface area contributed by atoms with E-state index in [0.717, 1.165) is 35.9 Å². The average Bonchev–Trinajstić information content (AvgIpc) is 2.75. The Hall–Kier alpha value is -1.32. The lowest BCUT2D eigenvalue weighted by molar-refractivity contribution is 0.274. The number of aryl methyl sites for hydroxylation is 1. The van der Waals surface area contributed by atoms with E-state index >= 15 is 0 Å². The topological polar surface area (TPSA) is 38.1 Å². The number of nitrogens with zero attached hydrogens (tertiary/aromatic N) is 1. The van der Waals surface area contributed by atoms with Crippen LogP contribution in [-0.2, 0) is 6.54 Å². The zero-order valence-electron chi connectivity index (χ0n) is 10.9. The number of halogens is 1. The fourth-order valence-electron chi connectivity index (χ4n) is 2.59. The highest BCUT2D eigenvalue weighted by Gasteiger charge is 2.31. The molecular weight excluding hydrogens is 260 g/mol. The van der Waals surface area contributed by atoms with Crippen molar-refractivity contribution in [2.45, 2.75) is 38.3 Å². The molecule has 0 atom stereocenters. The van der Waals surface area contributed by atoms with Crippen LogP contribution in [0, 0.1) is 6.92 Å². The molecule has 0 spiro atoms. The lowest BCUT2D eigenvalue weighted by Gasteiger charge is -2.36. The van der Waals surface area contributed by atoms with Gasteiger partial charge in [-0.2, -0.15) is 0 Å². The molecule has 1 fully saturated rings. The molecule has 1 aliphatic carbocycles. The maximum atomic E-state index is 6.21. The highest BCUT2D eigenvalue weighted by atomic mass is 35.5. The van der Waals surface area contributed by atoms with Gasteiger partial charge in [-0.3, -0.25) is 0 Å². The molecule has 1 aromatic heterocycles. The Morgan fingerprint density at radius 1 is 1.37 bits per heavy atom. The molecule has 3 nitrogen and oxygen atoms in total. The van der Waals surface area contributed by atoms with Crippen molar-refractivity contribution in [2.75, 3.05) is 0 Å². The SMILES string of the molecule is Cc1cc(CNC2CC(c3ccccc3Cl)C2)on1. The summed E-state index contributed by atoms with van der Waals surface area (Å²) in [5.41, 5.74) is 2.21. The lowest BCUT2D eigenvalue weighted by atomic mass is 9.76. The molecule has 19 heavy (non-hydrogen) atoms. The standard InChI is InChI=1S/C15H17ClN2O/c1-10-6-13(19-18-10)9-17-12-7-11(8-12)14-4-2-3-5-15(14)16/h2-6,11-12,17H,7-9H2,1H3. The van der Waals surface area contributed by atoms with Gasteiger partial charge in [0.25, 0.3) is 0 Å². The van der Waals surface area contributed by atoms with Crippen LogP contribution in [0.2, 0.25) is 5.02 Å². The van der Waals surface area contributed by atoms with Gasteiger partial charge in [0.1, 0.15) is 0 Å². The molecule has 1 N–H and O–H groups in total. The summed E-state index contributed by atoms with van der Waals surface area (Å²) < 4.78 is 5.18. The number of aromatic nitrogens is 1. The minimum atomic E-state index is 0.548. The van der Waals surface area contributed by atoms with Crippen molar-refractivity contribution in [2.24, 2.45) is 0 Å². The fourth-order valence-corrected chi connectivity index (χ4v) is 2.88. The first-order chi connectivity index (χ1) is 9.22. The number of rotatable bonds is 4. The maximum Gasteiger partial charge on any atom is 0.150 e. The van der Waals surface area contributed by atoms with Gasteiger partial charge in [-0.15, -0.1) is 0 Å². The van der Waals surface area contributed by atoms with Crippen LogP contribution in [0.25, 0.3) is 0 Å². The van der Waals surface area contributed by atoms with E-state index in [-0.39, 0.29) is 0 Å². The summed E-state index contributed by atoms with van der Waals surface area (Å²) in [6.45, 7) is 2.69. The van der Waals surface area contributed by atoms with Crippen LogP contribution < -0.4 is 5.32 Å². The molecule has 1 aliphatic rings. The second kappa shape index (κ2) is 5.35. The predicted molar refractivity (Wildman–Crippen MR) is 75.3 cm³/mol. The van der Waals surface area contributed by atoms with Crippen molar-refractivity contribution in [1.29, 1.82) is 0 Å².